The molecule has 1 atom stereocenters. The summed E-state index contributed by atoms with van der Waals surface area (Å²) in [6, 6.07) is 7.23. The van der Waals surface area contributed by atoms with E-state index in [1.54, 1.807) is 13.2 Å². The molecule has 0 aliphatic rings. The molecule has 0 spiro atoms. The van der Waals surface area contributed by atoms with Gasteiger partial charge >= 0.3 is 6.03 Å². The summed E-state index contributed by atoms with van der Waals surface area (Å²) in [5.74, 6) is 0. The molecule has 1 unspecified atom stereocenters. The number of anilines is 1. The first-order chi connectivity index (χ1) is 9.62. The van der Waals surface area contributed by atoms with Crippen molar-refractivity contribution in [3.63, 3.8) is 0 Å². The van der Waals surface area contributed by atoms with E-state index >= 15 is 0 Å². The van der Waals surface area contributed by atoms with Crippen molar-refractivity contribution >= 4 is 11.7 Å². The Balaban J connectivity index is 2.76. The van der Waals surface area contributed by atoms with Crippen LogP contribution in [-0.4, -0.2) is 42.8 Å². The van der Waals surface area contributed by atoms with Crippen molar-refractivity contribution in [2.45, 2.75) is 13.0 Å². The molecular weight excluding hydrogens is 256 g/mol. The molecule has 20 heavy (non-hydrogen) atoms. The molecule has 0 radical (unpaired) electrons. The van der Waals surface area contributed by atoms with Crippen LogP contribution in [0.5, 0.6) is 0 Å². The van der Waals surface area contributed by atoms with E-state index in [1.807, 2.05) is 31.2 Å². The van der Waals surface area contributed by atoms with Crippen LogP contribution in [0, 0.1) is 0 Å². The van der Waals surface area contributed by atoms with Crippen molar-refractivity contribution in [1.82, 2.24) is 4.90 Å². The maximum Gasteiger partial charge on any atom is 0.322 e. The second kappa shape index (κ2) is 8.35. The summed E-state index contributed by atoms with van der Waals surface area (Å²) in [4.78, 5) is 13.6. The highest BCUT2D eigenvalue weighted by Gasteiger charge is 2.12. The average Bonchev–Trinajstić information content (AvgIpc) is 2.46. The average molecular weight is 278 g/mol. The summed E-state index contributed by atoms with van der Waals surface area (Å²) >= 11 is 0. The Bertz CT molecular complexity index is 448. The van der Waals surface area contributed by atoms with Gasteiger partial charge < -0.3 is 20.1 Å². The fraction of sp³-hybridized carbons (Fsp3) is 0.400. The van der Waals surface area contributed by atoms with E-state index in [9.17, 15) is 4.79 Å². The number of carbonyl (C=O) groups excluding carboxylic acids is 1. The Kier molecular flexibility index (Phi) is 6.76. The maximum absolute atomic E-state index is 12.1. The zero-order chi connectivity index (χ0) is 15.0. The van der Waals surface area contributed by atoms with Gasteiger partial charge in [0.15, 0.2) is 0 Å². The molecule has 0 aliphatic heterocycles. The van der Waals surface area contributed by atoms with E-state index in [0.29, 0.717) is 12.2 Å². The predicted molar refractivity (Wildman–Crippen MR) is 79.7 cm³/mol. The molecule has 1 aromatic rings. The van der Waals surface area contributed by atoms with Crippen LogP contribution in [0.15, 0.2) is 36.9 Å². The van der Waals surface area contributed by atoms with Crippen LogP contribution in [-0.2, 0) is 4.74 Å². The van der Waals surface area contributed by atoms with Crippen LogP contribution in [0.25, 0.3) is 0 Å². The van der Waals surface area contributed by atoms with Gasteiger partial charge in [-0.3, -0.25) is 0 Å². The monoisotopic (exact) mass is 278 g/mol. The Morgan fingerprint density at radius 3 is 2.95 bits per heavy atom. The number of aliphatic hydroxyl groups is 1. The number of ether oxygens (including phenoxy) is 1. The van der Waals surface area contributed by atoms with Crippen LogP contribution < -0.4 is 5.32 Å². The third-order valence-electron chi connectivity index (χ3n) is 2.97. The van der Waals surface area contributed by atoms with Gasteiger partial charge in [-0.25, -0.2) is 4.79 Å². The van der Waals surface area contributed by atoms with Crippen molar-refractivity contribution in [1.29, 1.82) is 0 Å². The number of benzene rings is 1. The van der Waals surface area contributed by atoms with Crippen LogP contribution in [0.4, 0.5) is 10.5 Å². The number of carbonyl (C=O) groups is 1. The molecule has 2 amide bonds. The Hall–Kier alpha value is -1.85. The minimum atomic E-state index is -0.263. The van der Waals surface area contributed by atoms with E-state index in [1.165, 1.54) is 4.90 Å². The van der Waals surface area contributed by atoms with Gasteiger partial charge in [0.25, 0.3) is 0 Å². The normalized spacial score (nSPS) is 11.8. The lowest BCUT2D eigenvalue weighted by Gasteiger charge is -2.21. The highest BCUT2D eigenvalue weighted by Crippen LogP contribution is 2.19. The van der Waals surface area contributed by atoms with E-state index in [-0.39, 0.29) is 25.3 Å². The Morgan fingerprint density at radius 2 is 2.35 bits per heavy atom. The number of methoxy groups -OCH3 is 1. The third kappa shape index (κ3) is 4.68. The third-order valence-corrected chi connectivity index (χ3v) is 2.97. The number of nitrogens with one attached hydrogen (secondary N) is 1. The van der Waals surface area contributed by atoms with Crippen molar-refractivity contribution in [2.75, 3.05) is 32.1 Å². The Labute approximate surface area is 119 Å². The number of aliphatic hydroxyl groups excluding tert-OH is 1. The second-order valence-corrected chi connectivity index (χ2v) is 4.39. The smallest absolute Gasteiger partial charge is 0.322 e. The molecule has 0 fully saturated rings. The van der Waals surface area contributed by atoms with Crippen LogP contribution in [0.3, 0.4) is 0 Å². The van der Waals surface area contributed by atoms with Crippen molar-refractivity contribution in [2.24, 2.45) is 0 Å². The highest BCUT2D eigenvalue weighted by molar-refractivity contribution is 5.89. The van der Waals surface area contributed by atoms with Gasteiger partial charge in [0.1, 0.15) is 0 Å². The predicted octanol–water partition coefficient (Wildman–Crippen LogP) is 2.41. The maximum atomic E-state index is 12.1. The summed E-state index contributed by atoms with van der Waals surface area (Å²) in [5, 5.41) is 11.8. The van der Waals surface area contributed by atoms with Crippen LogP contribution in [0.1, 0.15) is 18.6 Å². The van der Waals surface area contributed by atoms with Crippen molar-refractivity contribution < 1.29 is 14.6 Å². The fourth-order valence-electron chi connectivity index (χ4n) is 1.76. The van der Waals surface area contributed by atoms with Gasteiger partial charge in [0, 0.05) is 25.9 Å². The summed E-state index contributed by atoms with van der Waals surface area (Å²) < 4.78 is 5.25. The highest BCUT2D eigenvalue weighted by atomic mass is 16.5. The largest absolute Gasteiger partial charge is 0.395 e. The molecule has 1 aromatic carbocycles. The van der Waals surface area contributed by atoms with Crippen LogP contribution in [0.2, 0.25) is 0 Å². The van der Waals surface area contributed by atoms with Gasteiger partial charge in [-0.05, 0) is 24.6 Å². The second-order valence-electron chi connectivity index (χ2n) is 4.39. The van der Waals surface area contributed by atoms with E-state index in [4.69, 9.17) is 9.84 Å². The first-order valence-corrected chi connectivity index (χ1v) is 6.52. The molecule has 0 aromatic heterocycles. The van der Waals surface area contributed by atoms with Gasteiger partial charge in [0.05, 0.1) is 12.7 Å². The van der Waals surface area contributed by atoms with E-state index < -0.39 is 0 Å². The number of amides is 2. The molecule has 0 aliphatic carbocycles. The standard InChI is InChI=1S/C15H22N2O3/c1-4-8-17(9-10-18)15(19)16-14-7-5-6-13(11-14)12(2)20-3/h4-7,11-12,18H,1,8-10H2,2-3H3,(H,16,19). The SMILES string of the molecule is C=CCN(CCO)C(=O)Nc1cccc(C(C)OC)c1. The Morgan fingerprint density at radius 1 is 1.60 bits per heavy atom. The molecule has 1 rings (SSSR count). The fourth-order valence-corrected chi connectivity index (χ4v) is 1.76. The molecular formula is C15H22N2O3. The van der Waals surface area contributed by atoms with E-state index in [0.717, 1.165) is 5.56 Å². The molecule has 0 bridgehead atoms. The molecule has 0 saturated heterocycles. The summed E-state index contributed by atoms with van der Waals surface area (Å²) in [6.07, 6.45) is 1.59. The zero-order valence-corrected chi connectivity index (χ0v) is 12.0. The molecule has 110 valence electrons. The number of rotatable bonds is 7. The first kappa shape index (κ1) is 16.2. The molecule has 2 N–H and O–H groups in total. The van der Waals surface area contributed by atoms with Gasteiger partial charge in [-0.1, -0.05) is 18.2 Å². The van der Waals surface area contributed by atoms with Gasteiger partial charge in [-0.15, -0.1) is 6.58 Å². The van der Waals surface area contributed by atoms with Crippen molar-refractivity contribution in [3.05, 3.63) is 42.5 Å². The number of hydrogen-bond acceptors (Lipinski definition) is 3. The minimum absolute atomic E-state index is 0.0337. The lowest BCUT2D eigenvalue weighted by Crippen LogP contribution is -2.37. The lowest BCUT2D eigenvalue weighted by atomic mass is 10.1. The minimum Gasteiger partial charge on any atom is -0.395 e. The molecule has 0 saturated carbocycles. The summed E-state index contributed by atoms with van der Waals surface area (Å²) in [5.41, 5.74) is 1.69. The quantitative estimate of drug-likeness (QED) is 0.753. The van der Waals surface area contributed by atoms with Crippen LogP contribution >= 0.6 is 0 Å². The van der Waals surface area contributed by atoms with Gasteiger partial charge in [0.2, 0.25) is 0 Å². The van der Waals surface area contributed by atoms with Crippen molar-refractivity contribution in [3.8, 4) is 0 Å². The molecule has 5 heteroatoms. The lowest BCUT2D eigenvalue weighted by molar-refractivity contribution is 0.119. The zero-order valence-electron chi connectivity index (χ0n) is 12.0. The molecule has 0 heterocycles. The topological polar surface area (TPSA) is 61.8 Å². The molecule has 5 nitrogen and oxygen atoms in total. The van der Waals surface area contributed by atoms with Gasteiger partial charge in [-0.2, -0.15) is 0 Å². The van der Waals surface area contributed by atoms with E-state index in [2.05, 4.69) is 11.9 Å². The number of urea groups is 1. The first-order valence-electron chi connectivity index (χ1n) is 6.52. The summed E-state index contributed by atoms with van der Waals surface area (Å²) in [6.45, 7) is 6.12. The number of nitrogens with zero attached hydrogens (tertiary/aromatic N) is 1. The number of hydrogen-bond donors (Lipinski definition) is 2. The summed E-state index contributed by atoms with van der Waals surface area (Å²) in [7, 11) is 1.64.